The molecule has 100 valence electrons. The number of benzene rings is 1. The van der Waals surface area contributed by atoms with Gasteiger partial charge in [0.25, 0.3) is 5.91 Å². The van der Waals surface area contributed by atoms with Crippen LogP contribution in [0.2, 0.25) is 5.02 Å². The quantitative estimate of drug-likeness (QED) is 0.743. The lowest BCUT2D eigenvalue weighted by atomic mass is 10.0. The number of carbonyl (C=O) groups is 1. The molecule has 0 aliphatic carbocycles. The van der Waals surface area contributed by atoms with Gasteiger partial charge in [0.05, 0.1) is 5.56 Å². The lowest BCUT2D eigenvalue weighted by molar-refractivity contribution is 0.0941. The van der Waals surface area contributed by atoms with Crippen molar-refractivity contribution in [1.82, 2.24) is 5.32 Å². The van der Waals surface area contributed by atoms with Crippen LogP contribution in [0.4, 0.5) is 0 Å². The van der Waals surface area contributed by atoms with Crippen LogP contribution in [0.15, 0.2) is 18.2 Å². The molecule has 1 unspecified atom stereocenters. The fourth-order valence-corrected chi connectivity index (χ4v) is 1.83. The van der Waals surface area contributed by atoms with Crippen molar-refractivity contribution in [3.05, 3.63) is 28.8 Å². The maximum atomic E-state index is 11.9. The number of aliphatic hydroxyl groups is 1. The van der Waals surface area contributed by atoms with Crippen LogP contribution < -0.4 is 5.32 Å². The number of amides is 1. The Hall–Kier alpha value is -1.26. The van der Waals surface area contributed by atoms with Gasteiger partial charge in [-0.05, 0) is 30.5 Å². The highest BCUT2D eigenvalue weighted by Gasteiger charge is 2.13. The molecule has 1 atom stereocenters. The van der Waals surface area contributed by atoms with Crippen LogP contribution in [0.1, 0.15) is 30.1 Å². The second kappa shape index (κ2) is 7.24. The lowest BCUT2D eigenvalue weighted by Crippen LogP contribution is -2.29. The zero-order valence-corrected chi connectivity index (χ0v) is 11.1. The number of carbonyl (C=O) groups excluding carboxylic acids is 1. The van der Waals surface area contributed by atoms with Gasteiger partial charge >= 0.3 is 0 Å². The summed E-state index contributed by atoms with van der Waals surface area (Å²) in [6.07, 6.45) is 1.53. The van der Waals surface area contributed by atoms with Crippen LogP contribution >= 0.6 is 11.6 Å². The van der Waals surface area contributed by atoms with E-state index in [1.165, 1.54) is 18.2 Å². The smallest absolute Gasteiger partial charge is 0.255 e. The number of phenols is 1. The van der Waals surface area contributed by atoms with E-state index in [2.05, 4.69) is 5.32 Å². The van der Waals surface area contributed by atoms with Crippen LogP contribution in [0, 0.1) is 5.92 Å². The molecule has 5 heteroatoms. The molecule has 1 aromatic carbocycles. The van der Waals surface area contributed by atoms with Gasteiger partial charge < -0.3 is 15.5 Å². The lowest BCUT2D eigenvalue weighted by Gasteiger charge is -2.14. The second-order valence-corrected chi connectivity index (χ2v) is 4.59. The molecule has 1 aromatic rings. The van der Waals surface area contributed by atoms with Gasteiger partial charge in [-0.3, -0.25) is 4.79 Å². The Morgan fingerprint density at radius 2 is 2.22 bits per heavy atom. The van der Waals surface area contributed by atoms with Gasteiger partial charge in [0.2, 0.25) is 0 Å². The van der Waals surface area contributed by atoms with E-state index in [1.807, 2.05) is 6.92 Å². The average Bonchev–Trinajstić information content (AvgIpc) is 2.37. The first-order chi connectivity index (χ1) is 8.58. The van der Waals surface area contributed by atoms with Gasteiger partial charge in [0.1, 0.15) is 5.75 Å². The van der Waals surface area contributed by atoms with E-state index in [9.17, 15) is 9.90 Å². The molecule has 1 amide bonds. The summed E-state index contributed by atoms with van der Waals surface area (Å²) >= 11 is 5.78. The molecule has 3 N–H and O–H groups in total. The Morgan fingerprint density at radius 1 is 1.50 bits per heavy atom. The van der Waals surface area contributed by atoms with Gasteiger partial charge in [-0.1, -0.05) is 24.9 Å². The van der Waals surface area contributed by atoms with Gasteiger partial charge in [-0.15, -0.1) is 0 Å². The number of hydrogen-bond donors (Lipinski definition) is 3. The summed E-state index contributed by atoms with van der Waals surface area (Å²) in [7, 11) is 0. The fourth-order valence-electron chi connectivity index (χ4n) is 1.66. The molecule has 0 radical (unpaired) electrons. The van der Waals surface area contributed by atoms with Crippen LogP contribution in [-0.2, 0) is 0 Å². The van der Waals surface area contributed by atoms with Crippen LogP contribution in [0.5, 0.6) is 5.75 Å². The van der Waals surface area contributed by atoms with Crippen molar-refractivity contribution < 1.29 is 15.0 Å². The molecule has 0 fully saturated rings. The third kappa shape index (κ3) is 4.20. The third-order valence-electron chi connectivity index (χ3n) is 2.87. The average molecular weight is 272 g/mol. The number of halogens is 1. The summed E-state index contributed by atoms with van der Waals surface area (Å²) in [5.41, 5.74) is 0.168. The van der Waals surface area contributed by atoms with E-state index in [-0.39, 0.29) is 29.7 Å². The molecule has 18 heavy (non-hydrogen) atoms. The molecule has 0 aliphatic heterocycles. The van der Waals surface area contributed by atoms with Crippen LogP contribution in [0.25, 0.3) is 0 Å². The number of phenolic OH excluding ortho intramolecular Hbond substituents is 1. The van der Waals surface area contributed by atoms with Crippen molar-refractivity contribution in [3.63, 3.8) is 0 Å². The highest BCUT2D eigenvalue weighted by atomic mass is 35.5. The van der Waals surface area contributed by atoms with E-state index in [4.69, 9.17) is 16.7 Å². The third-order valence-corrected chi connectivity index (χ3v) is 3.10. The molecular formula is C13H18ClNO3. The molecule has 0 spiro atoms. The zero-order valence-electron chi connectivity index (χ0n) is 10.3. The second-order valence-electron chi connectivity index (χ2n) is 4.16. The van der Waals surface area contributed by atoms with Crippen molar-refractivity contribution in [2.24, 2.45) is 5.92 Å². The van der Waals surface area contributed by atoms with Crippen molar-refractivity contribution >= 4 is 17.5 Å². The molecule has 0 saturated heterocycles. The first kappa shape index (κ1) is 14.8. The molecule has 4 nitrogen and oxygen atoms in total. The fraction of sp³-hybridized carbons (Fsp3) is 0.462. The maximum Gasteiger partial charge on any atom is 0.255 e. The van der Waals surface area contributed by atoms with E-state index in [0.717, 1.165) is 6.42 Å². The molecule has 0 aromatic heterocycles. The van der Waals surface area contributed by atoms with Gasteiger partial charge in [0.15, 0.2) is 0 Å². The van der Waals surface area contributed by atoms with Gasteiger partial charge in [0, 0.05) is 18.2 Å². The first-order valence-electron chi connectivity index (χ1n) is 5.96. The largest absolute Gasteiger partial charge is 0.507 e. The Bertz CT molecular complexity index is 409. The maximum absolute atomic E-state index is 11.9. The molecule has 0 heterocycles. The Balaban J connectivity index is 2.62. The van der Waals surface area contributed by atoms with Crippen molar-refractivity contribution in [2.45, 2.75) is 19.8 Å². The summed E-state index contributed by atoms with van der Waals surface area (Å²) in [6, 6.07) is 4.34. The van der Waals surface area contributed by atoms with Gasteiger partial charge in [-0.25, -0.2) is 0 Å². The number of nitrogens with one attached hydrogen (secondary N) is 1. The molecule has 0 aliphatic rings. The number of aromatic hydroxyl groups is 1. The highest BCUT2D eigenvalue weighted by molar-refractivity contribution is 6.31. The van der Waals surface area contributed by atoms with E-state index in [1.54, 1.807) is 0 Å². The minimum absolute atomic E-state index is 0.0906. The number of hydrogen-bond acceptors (Lipinski definition) is 3. The SMILES string of the molecule is CCC(CCO)CNC(=O)c1cc(Cl)ccc1O. The molecular weight excluding hydrogens is 254 g/mol. The summed E-state index contributed by atoms with van der Waals surface area (Å²) < 4.78 is 0. The van der Waals surface area contributed by atoms with E-state index < -0.39 is 0 Å². The van der Waals surface area contributed by atoms with Crippen molar-refractivity contribution in [1.29, 1.82) is 0 Å². The summed E-state index contributed by atoms with van der Waals surface area (Å²) in [6.45, 7) is 2.59. The summed E-state index contributed by atoms with van der Waals surface area (Å²) in [5.74, 6) is -0.209. The van der Waals surface area contributed by atoms with E-state index >= 15 is 0 Å². The number of rotatable bonds is 6. The Kier molecular flexibility index (Phi) is 5.95. The molecule has 1 rings (SSSR count). The predicted octanol–water partition coefficient (Wildman–Crippen LogP) is 2.18. The highest BCUT2D eigenvalue weighted by Crippen LogP contribution is 2.21. The normalized spacial score (nSPS) is 12.2. The van der Waals surface area contributed by atoms with Crippen LogP contribution in [0.3, 0.4) is 0 Å². The number of aliphatic hydroxyl groups excluding tert-OH is 1. The summed E-state index contributed by atoms with van der Waals surface area (Å²) in [4.78, 5) is 11.9. The standard InChI is InChI=1S/C13H18ClNO3/c1-2-9(5-6-16)8-15-13(18)11-7-10(14)3-4-12(11)17/h3-4,7,9,16-17H,2,5-6,8H2,1H3,(H,15,18). The minimum Gasteiger partial charge on any atom is -0.507 e. The van der Waals surface area contributed by atoms with Crippen molar-refractivity contribution in [3.8, 4) is 5.75 Å². The topological polar surface area (TPSA) is 69.6 Å². The van der Waals surface area contributed by atoms with Crippen LogP contribution in [-0.4, -0.2) is 29.3 Å². The summed E-state index contributed by atoms with van der Waals surface area (Å²) in [5, 5.41) is 21.6. The predicted molar refractivity (Wildman–Crippen MR) is 70.9 cm³/mol. The monoisotopic (exact) mass is 271 g/mol. The first-order valence-corrected chi connectivity index (χ1v) is 6.33. The zero-order chi connectivity index (χ0) is 13.5. The Labute approximate surface area is 112 Å². The molecule has 0 bridgehead atoms. The Morgan fingerprint density at radius 3 is 2.83 bits per heavy atom. The van der Waals surface area contributed by atoms with E-state index in [0.29, 0.717) is 18.0 Å². The van der Waals surface area contributed by atoms with Gasteiger partial charge in [-0.2, -0.15) is 0 Å². The minimum atomic E-state index is -0.355. The van der Waals surface area contributed by atoms with Crippen molar-refractivity contribution in [2.75, 3.05) is 13.2 Å². The molecule has 0 saturated carbocycles.